The molecular formula is C17H11BrN2S. The lowest BCUT2D eigenvalue weighted by Crippen LogP contribution is -1.99. The molecule has 2 N–H and O–H groups in total. The molecule has 1 aromatic heterocycles. The molecule has 2 aromatic carbocycles. The highest BCUT2D eigenvalue weighted by Gasteiger charge is 2.10. The van der Waals surface area contributed by atoms with Crippen LogP contribution in [0.1, 0.15) is 10.4 Å². The van der Waals surface area contributed by atoms with Gasteiger partial charge < -0.3 is 5.73 Å². The Labute approximate surface area is 135 Å². The normalized spacial score (nSPS) is 12.0. The lowest BCUT2D eigenvalue weighted by atomic mass is 10.0. The fourth-order valence-corrected chi connectivity index (χ4v) is 3.31. The first-order chi connectivity index (χ1) is 10.2. The van der Waals surface area contributed by atoms with Gasteiger partial charge in [-0.1, -0.05) is 40.2 Å². The summed E-state index contributed by atoms with van der Waals surface area (Å²) in [6, 6.07) is 18.1. The number of hydrogen-bond acceptors (Lipinski definition) is 3. The van der Waals surface area contributed by atoms with Gasteiger partial charge >= 0.3 is 0 Å². The molecule has 3 rings (SSSR count). The third-order valence-corrected chi connectivity index (χ3v) is 4.64. The van der Waals surface area contributed by atoms with Crippen molar-refractivity contribution in [3.63, 3.8) is 0 Å². The number of hydrogen-bond donors (Lipinski definition) is 1. The van der Waals surface area contributed by atoms with Gasteiger partial charge in [0.25, 0.3) is 0 Å². The predicted octanol–water partition coefficient (Wildman–Crippen LogP) is 5.01. The van der Waals surface area contributed by atoms with Gasteiger partial charge in [0.15, 0.2) is 0 Å². The average Bonchev–Trinajstić information content (AvgIpc) is 3.01. The highest BCUT2D eigenvalue weighted by Crippen LogP contribution is 2.28. The molecule has 0 spiro atoms. The molecule has 2 nitrogen and oxygen atoms in total. The smallest absolute Gasteiger partial charge is 0.103 e. The molecule has 0 aliphatic carbocycles. The largest absolute Gasteiger partial charge is 0.397 e. The second kappa shape index (κ2) is 5.72. The SMILES string of the molecule is N#C/C(=C(/N)c1ccc2cc(Br)ccc2c1)c1cccs1. The number of nitrogens with two attached hydrogens (primary N) is 1. The van der Waals surface area contributed by atoms with E-state index in [4.69, 9.17) is 5.73 Å². The summed E-state index contributed by atoms with van der Waals surface area (Å²) in [7, 11) is 0. The summed E-state index contributed by atoms with van der Waals surface area (Å²) in [4.78, 5) is 0.894. The van der Waals surface area contributed by atoms with E-state index in [0.29, 0.717) is 11.3 Å². The zero-order valence-electron chi connectivity index (χ0n) is 11.0. The van der Waals surface area contributed by atoms with E-state index in [0.717, 1.165) is 25.7 Å². The Bertz CT molecular complexity index is 873. The van der Waals surface area contributed by atoms with E-state index >= 15 is 0 Å². The van der Waals surface area contributed by atoms with Crippen molar-refractivity contribution >= 4 is 49.3 Å². The second-order valence-corrected chi connectivity index (χ2v) is 6.45. The van der Waals surface area contributed by atoms with Crippen molar-refractivity contribution in [2.45, 2.75) is 0 Å². The number of nitrogens with zero attached hydrogens (tertiary/aromatic N) is 1. The minimum atomic E-state index is 0.518. The summed E-state index contributed by atoms with van der Waals surface area (Å²) in [5.41, 5.74) is 8.13. The fourth-order valence-electron chi connectivity index (χ4n) is 2.20. The standard InChI is InChI=1S/C17H11BrN2S/c18-14-6-5-11-8-13(4-3-12(11)9-14)17(20)15(10-19)16-2-1-7-21-16/h1-9H,20H2/b17-15-. The third-order valence-electron chi connectivity index (χ3n) is 3.26. The van der Waals surface area contributed by atoms with Gasteiger partial charge in [-0.15, -0.1) is 11.3 Å². The molecule has 0 saturated heterocycles. The Kier molecular flexibility index (Phi) is 3.78. The molecule has 0 bridgehead atoms. The lowest BCUT2D eigenvalue weighted by Gasteiger charge is -2.07. The van der Waals surface area contributed by atoms with Crippen LogP contribution >= 0.6 is 27.3 Å². The number of benzene rings is 2. The number of fused-ring (bicyclic) bond motifs is 1. The fraction of sp³-hybridized carbons (Fsp3) is 0. The molecule has 0 aliphatic rings. The van der Waals surface area contributed by atoms with Gasteiger partial charge in [0.1, 0.15) is 6.07 Å². The van der Waals surface area contributed by atoms with Crippen LogP contribution in [0.25, 0.3) is 22.0 Å². The molecule has 0 fully saturated rings. The zero-order chi connectivity index (χ0) is 14.8. The maximum absolute atomic E-state index is 9.39. The molecule has 0 atom stereocenters. The summed E-state index contributed by atoms with van der Waals surface area (Å²) in [6.07, 6.45) is 0. The van der Waals surface area contributed by atoms with Crippen LogP contribution in [-0.2, 0) is 0 Å². The highest BCUT2D eigenvalue weighted by atomic mass is 79.9. The van der Waals surface area contributed by atoms with Gasteiger partial charge in [-0.05, 0) is 46.0 Å². The number of thiophene rings is 1. The van der Waals surface area contributed by atoms with E-state index in [-0.39, 0.29) is 0 Å². The summed E-state index contributed by atoms with van der Waals surface area (Å²) in [5, 5.41) is 13.6. The van der Waals surface area contributed by atoms with Crippen molar-refractivity contribution < 1.29 is 0 Å². The monoisotopic (exact) mass is 354 g/mol. The van der Waals surface area contributed by atoms with Crippen LogP contribution < -0.4 is 5.73 Å². The molecule has 0 aliphatic heterocycles. The van der Waals surface area contributed by atoms with E-state index in [1.807, 2.05) is 47.8 Å². The molecule has 0 radical (unpaired) electrons. The van der Waals surface area contributed by atoms with Crippen molar-refractivity contribution in [2.75, 3.05) is 0 Å². The van der Waals surface area contributed by atoms with Crippen LogP contribution in [0.2, 0.25) is 0 Å². The lowest BCUT2D eigenvalue weighted by molar-refractivity contribution is 1.50. The predicted molar refractivity (Wildman–Crippen MR) is 92.6 cm³/mol. The Morgan fingerprint density at radius 2 is 1.86 bits per heavy atom. The highest BCUT2D eigenvalue weighted by molar-refractivity contribution is 9.10. The van der Waals surface area contributed by atoms with Crippen molar-refractivity contribution in [1.82, 2.24) is 0 Å². The Balaban J connectivity index is 2.15. The average molecular weight is 355 g/mol. The van der Waals surface area contributed by atoms with Crippen molar-refractivity contribution in [2.24, 2.45) is 5.73 Å². The van der Waals surface area contributed by atoms with Gasteiger partial charge in [0.2, 0.25) is 0 Å². The van der Waals surface area contributed by atoms with Gasteiger partial charge in [0, 0.05) is 9.35 Å². The molecule has 102 valence electrons. The molecule has 0 unspecified atom stereocenters. The van der Waals surface area contributed by atoms with Crippen LogP contribution in [0.3, 0.4) is 0 Å². The first kappa shape index (κ1) is 13.9. The van der Waals surface area contributed by atoms with E-state index in [1.165, 1.54) is 11.3 Å². The first-order valence-corrected chi connectivity index (χ1v) is 8.00. The molecule has 4 heteroatoms. The van der Waals surface area contributed by atoms with Gasteiger partial charge in [0.05, 0.1) is 11.3 Å². The van der Waals surface area contributed by atoms with E-state index in [2.05, 4.69) is 28.1 Å². The van der Waals surface area contributed by atoms with Crippen molar-refractivity contribution in [1.29, 1.82) is 5.26 Å². The van der Waals surface area contributed by atoms with Crippen LogP contribution in [0, 0.1) is 11.3 Å². The summed E-state index contributed by atoms with van der Waals surface area (Å²) in [5.74, 6) is 0. The number of allylic oxidation sites excluding steroid dienone is 1. The Hall–Kier alpha value is -2.09. The van der Waals surface area contributed by atoms with Crippen LogP contribution in [0.15, 0.2) is 58.4 Å². The van der Waals surface area contributed by atoms with Gasteiger partial charge in [-0.25, -0.2) is 0 Å². The first-order valence-electron chi connectivity index (χ1n) is 6.32. The molecule has 0 saturated carbocycles. The number of rotatable bonds is 2. The van der Waals surface area contributed by atoms with Crippen LogP contribution in [0.4, 0.5) is 0 Å². The van der Waals surface area contributed by atoms with Gasteiger partial charge in [-0.3, -0.25) is 0 Å². The summed E-state index contributed by atoms with van der Waals surface area (Å²) >= 11 is 4.98. The minimum Gasteiger partial charge on any atom is -0.397 e. The van der Waals surface area contributed by atoms with Crippen molar-refractivity contribution in [3.8, 4) is 6.07 Å². The molecule has 21 heavy (non-hydrogen) atoms. The van der Waals surface area contributed by atoms with Crippen LogP contribution in [0.5, 0.6) is 0 Å². The third kappa shape index (κ3) is 2.71. The number of nitriles is 1. The minimum absolute atomic E-state index is 0.518. The van der Waals surface area contributed by atoms with E-state index < -0.39 is 0 Å². The van der Waals surface area contributed by atoms with E-state index in [1.54, 1.807) is 0 Å². The topological polar surface area (TPSA) is 49.8 Å². The molecule has 1 heterocycles. The van der Waals surface area contributed by atoms with Crippen LogP contribution in [-0.4, -0.2) is 0 Å². The Morgan fingerprint density at radius 1 is 1.10 bits per heavy atom. The maximum Gasteiger partial charge on any atom is 0.103 e. The van der Waals surface area contributed by atoms with E-state index in [9.17, 15) is 5.26 Å². The van der Waals surface area contributed by atoms with Gasteiger partial charge in [-0.2, -0.15) is 5.26 Å². The van der Waals surface area contributed by atoms with Crippen molar-refractivity contribution in [3.05, 3.63) is 68.8 Å². The molecule has 0 amide bonds. The second-order valence-electron chi connectivity index (χ2n) is 4.58. The zero-order valence-corrected chi connectivity index (χ0v) is 13.4. The summed E-state index contributed by atoms with van der Waals surface area (Å²) < 4.78 is 1.04. The maximum atomic E-state index is 9.39. The summed E-state index contributed by atoms with van der Waals surface area (Å²) in [6.45, 7) is 0. The molecular weight excluding hydrogens is 344 g/mol. The quantitative estimate of drug-likeness (QED) is 0.657. The Morgan fingerprint density at radius 3 is 2.57 bits per heavy atom. The molecule has 3 aromatic rings. The number of halogens is 1.